The molecule has 142 valence electrons. The van der Waals surface area contributed by atoms with Gasteiger partial charge in [0.1, 0.15) is 12.4 Å². The summed E-state index contributed by atoms with van der Waals surface area (Å²) in [6.45, 7) is 9.76. The van der Waals surface area contributed by atoms with Gasteiger partial charge in [-0.3, -0.25) is 0 Å². The molecule has 1 heterocycles. The molecule has 0 saturated carbocycles. The predicted octanol–water partition coefficient (Wildman–Crippen LogP) is 3.79. The molecule has 0 radical (unpaired) electrons. The largest absolute Gasteiger partial charge is 0.494 e. The van der Waals surface area contributed by atoms with Gasteiger partial charge in [-0.25, -0.2) is 9.18 Å². The van der Waals surface area contributed by atoms with Gasteiger partial charge in [-0.05, 0) is 75.5 Å². The smallest absolute Gasteiger partial charge is 0.457 e. The van der Waals surface area contributed by atoms with Gasteiger partial charge in [0.05, 0.1) is 16.8 Å². The van der Waals surface area contributed by atoms with Gasteiger partial charge in [-0.2, -0.15) is 0 Å². The lowest BCUT2D eigenvalue weighted by atomic mass is 9.79. The Hall–Kier alpha value is -2.18. The number of hydrogen-bond donors (Lipinski definition) is 0. The lowest BCUT2D eigenvalue weighted by molar-refractivity contribution is 0.00578. The normalized spacial score (nSPS) is 17.8. The zero-order chi connectivity index (χ0) is 19.8. The van der Waals surface area contributed by atoms with Crippen molar-refractivity contribution in [1.29, 1.82) is 0 Å². The number of rotatable bonds is 4. The summed E-state index contributed by atoms with van der Waals surface area (Å²) in [5.74, 6) is -0.708. The van der Waals surface area contributed by atoms with Crippen LogP contribution in [0.1, 0.15) is 49.2 Å². The van der Waals surface area contributed by atoms with Crippen LogP contribution in [0.4, 0.5) is 4.39 Å². The lowest BCUT2D eigenvalue weighted by Crippen LogP contribution is -2.41. The number of aryl methyl sites for hydroxylation is 1. The molecule has 0 unspecified atom stereocenters. The quantitative estimate of drug-likeness (QED) is 0.607. The minimum Gasteiger partial charge on any atom is -0.457 e. The number of ether oxygens (including phenoxy) is 1. The van der Waals surface area contributed by atoms with Crippen LogP contribution in [-0.4, -0.2) is 24.3 Å². The first-order chi connectivity index (χ1) is 12.6. The topological polar surface area (TPSA) is 44.8 Å². The highest BCUT2D eigenvalue weighted by Crippen LogP contribution is 2.36. The Kier molecular flexibility index (Phi) is 5.15. The van der Waals surface area contributed by atoms with Crippen LogP contribution in [0.15, 0.2) is 42.5 Å². The van der Waals surface area contributed by atoms with Crippen molar-refractivity contribution in [3.63, 3.8) is 0 Å². The molecule has 0 bridgehead atoms. The highest BCUT2D eigenvalue weighted by Gasteiger charge is 2.51. The fraction of sp³-hybridized carbons (Fsp3) is 0.381. The second-order valence-electron chi connectivity index (χ2n) is 7.87. The number of carbonyl (C=O) groups excluding carboxylic acids is 1. The number of esters is 1. The lowest BCUT2D eigenvalue weighted by Gasteiger charge is -2.32. The monoisotopic (exact) mass is 370 g/mol. The van der Waals surface area contributed by atoms with Crippen LogP contribution >= 0.6 is 0 Å². The Bertz CT molecular complexity index is 830. The van der Waals surface area contributed by atoms with Gasteiger partial charge in [0.25, 0.3) is 0 Å². The summed E-state index contributed by atoms with van der Waals surface area (Å²) < 4.78 is 30.6. The molecule has 27 heavy (non-hydrogen) atoms. The summed E-state index contributed by atoms with van der Waals surface area (Å²) in [6.07, 6.45) is 0. The SMILES string of the molecule is Cc1cc(COC(=O)c2ccc(B3OC(C)(C)C(C)(C)O3)cc2)ccc1F. The molecule has 0 aliphatic carbocycles. The van der Waals surface area contributed by atoms with Crippen molar-refractivity contribution in [2.24, 2.45) is 0 Å². The summed E-state index contributed by atoms with van der Waals surface area (Å²) in [5, 5.41) is 0. The minimum atomic E-state index is -0.470. The number of halogens is 1. The van der Waals surface area contributed by atoms with Crippen molar-refractivity contribution >= 4 is 18.6 Å². The van der Waals surface area contributed by atoms with Crippen molar-refractivity contribution in [2.45, 2.75) is 52.4 Å². The Morgan fingerprint density at radius 2 is 1.63 bits per heavy atom. The molecule has 6 heteroatoms. The van der Waals surface area contributed by atoms with Crippen LogP contribution in [0.2, 0.25) is 0 Å². The van der Waals surface area contributed by atoms with E-state index in [2.05, 4.69) is 0 Å². The maximum absolute atomic E-state index is 13.3. The molecule has 2 aromatic rings. The summed E-state index contributed by atoms with van der Waals surface area (Å²) in [7, 11) is -0.470. The molecule has 0 N–H and O–H groups in total. The number of benzene rings is 2. The second kappa shape index (κ2) is 7.10. The van der Waals surface area contributed by atoms with E-state index in [4.69, 9.17) is 14.0 Å². The van der Waals surface area contributed by atoms with Crippen LogP contribution < -0.4 is 5.46 Å². The van der Waals surface area contributed by atoms with Crippen molar-refractivity contribution in [3.05, 3.63) is 65.0 Å². The van der Waals surface area contributed by atoms with Crippen LogP contribution in [0, 0.1) is 12.7 Å². The molecular weight excluding hydrogens is 346 g/mol. The second-order valence-corrected chi connectivity index (χ2v) is 7.87. The predicted molar refractivity (Wildman–Crippen MR) is 102 cm³/mol. The van der Waals surface area contributed by atoms with Gasteiger partial charge in [0.15, 0.2) is 0 Å². The third-order valence-corrected chi connectivity index (χ3v) is 5.26. The first kappa shape index (κ1) is 19.6. The number of carbonyl (C=O) groups is 1. The molecule has 1 aliphatic rings. The van der Waals surface area contributed by atoms with E-state index in [1.165, 1.54) is 6.07 Å². The van der Waals surface area contributed by atoms with Crippen molar-refractivity contribution < 1.29 is 23.2 Å². The average Bonchev–Trinajstić information content (AvgIpc) is 2.83. The van der Waals surface area contributed by atoms with Gasteiger partial charge in [-0.1, -0.05) is 18.2 Å². The molecule has 0 atom stereocenters. The van der Waals surface area contributed by atoms with E-state index in [1.807, 2.05) is 27.7 Å². The number of hydrogen-bond acceptors (Lipinski definition) is 4. The maximum atomic E-state index is 13.3. The maximum Gasteiger partial charge on any atom is 0.494 e. The van der Waals surface area contributed by atoms with Gasteiger partial charge in [-0.15, -0.1) is 0 Å². The van der Waals surface area contributed by atoms with E-state index in [0.717, 1.165) is 11.0 Å². The third kappa shape index (κ3) is 4.07. The van der Waals surface area contributed by atoms with Gasteiger partial charge < -0.3 is 14.0 Å². The summed E-state index contributed by atoms with van der Waals surface area (Å²) in [4.78, 5) is 12.2. The standard InChI is InChI=1S/C21H24BFO4/c1-14-12-15(6-11-18(14)23)13-25-19(24)16-7-9-17(10-8-16)22-26-20(2,3)21(4,5)27-22/h6-12H,13H2,1-5H3. The molecule has 0 spiro atoms. The first-order valence-electron chi connectivity index (χ1n) is 8.97. The summed E-state index contributed by atoms with van der Waals surface area (Å²) >= 11 is 0. The molecule has 3 rings (SSSR count). The minimum absolute atomic E-state index is 0.0962. The summed E-state index contributed by atoms with van der Waals surface area (Å²) in [6, 6.07) is 11.7. The molecule has 0 amide bonds. The van der Waals surface area contributed by atoms with Crippen molar-refractivity contribution in [1.82, 2.24) is 0 Å². The van der Waals surface area contributed by atoms with E-state index < -0.39 is 24.3 Å². The third-order valence-electron chi connectivity index (χ3n) is 5.26. The van der Waals surface area contributed by atoms with E-state index in [1.54, 1.807) is 43.3 Å². The first-order valence-corrected chi connectivity index (χ1v) is 8.97. The molecule has 1 aliphatic heterocycles. The van der Waals surface area contributed by atoms with E-state index >= 15 is 0 Å². The van der Waals surface area contributed by atoms with Crippen LogP contribution in [0.5, 0.6) is 0 Å². The Morgan fingerprint density at radius 1 is 1.04 bits per heavy atom. The zero-order valence-electron chi connectivity index (χ0n) is 16.3. The van der Waals surface area contributed by atoms with Gasteiger partial charge >= 0.3 is 13.1 Å². The highest BCUT2D eigenvalue weighted by molar-refractivity contribution is 6.62. The summed E-state index contributed by atoms with van der Waals surface area (Å²) in [5.41, 5.74) is 1.73. The molecule has 1 saturated heterocycles. The Balaban J connectivity index is 1.63. The van der Waals surface area contributed by atoms with Crippen molar-refractivity contribution in [3.8, 4) is 0 Å². The van der Waals surface area contributed by atoms with E-state index in [0.29, 0.717) is 11.1 Å². The van der Waals surface area contributed by atoms with Crippen molar-refractivity contribution in [2.75, 3.05) is 0 Å². The molecule has 2 aromatic carbocycles. The molecular formula is C21H24BFO4. The van der Waals surface area contributed by atoms with E-state index in [-0.39, 0.29) is 12.4 Å². The van der Waals surface area contributed by atoms with Gasteiger partial charge in [0, 0.05) is 0 Å². The Labute approximate surface area is 159 Å². The van der Waals surface area contributed by atoms with E-state index in [9.17, 15) is 9.18 Å². The molecule has 1 fully saturated rings. The highest BCUT2D eigenvalue weighted by atomic mass is 19.1. The van der Waals surface area contributed by atoms with Crippen LogP contribution in [-0.2, 0) is 20.7 Å². The average molecular weight is 370 g/mol. The molecule has 0 aromatic heterocycles. The van der Waals surface area contributed by atoms with Crippen LogP contribution in [0.3, 0.4) is 0 Å². The fourth-order valence-corrected chi connectivity index (χ4v) is 2.78. The zero-order valence-corrected chi connectivity index (χ0v) is 16.3. The fourth-order valence-electron chi connectivity index (χ4n) is 2.78. The molecule has 4 nitrogen and oxygen atoms in total. The van der Waals surface area contributed by atoms with Crippen LogP contribution in [0.25, 0.3) is 0 Å². The van der Waals surface area contributed by atoms with Gasteiger partial charge in [0.2, 0.25) is 0 Å². The Morgan fingerprint density at radius 3 is 2.19 bits per heavy atom.